The molecule has 2 N–H and O–H groups in total. The van der Waals surface area contributed by atoms with Gasteiger partial charge in [0, 0.05) is 28.8 Å². The molecule has 0 aromatic heterocycles. The summed E-state index contributed by atoms with van der Waals surface area (Å²) in [7, 11) is -2.68. The summed E-state index contributed by atoms with van der Waals surface area (Å²) in [6.07, 6.45) is 11.3. The molecule has 0 amide bonds. The molecule has 31 heavy (non-hydrogen) atoms. The van der Waals surface area contributed by atoms with Gasteiger partial charge >= 0.3 is 23.1 Å². The maximum atomic E-state index is 5.05. The van der Waals surface area contributed by atoms with Gasteiger partial charge in [-0.1, -0.05) is 67.7 Å². The van der Waals surface area contributed by atoms with Crippen molar-refractivity contribution < 1.29 is 9.80 Å². The van der Waals surface area contributed by atoms with Crippen LogP contribution in [0.4, 0.5) is 0 Å². The summed E-state index contributed by atoms with van der Waals surface area (Å²) in [6, 6.07) is 0. The molecule has 2 aliphatic rings. The smallest absolute Gasteiger partial charge is 0.655 e. The largest absolute Gasteiger partial charge is 2.00 e. The minimum Gasteiger partial charge on any atom is -0.655 e. The SMILES string of the molecule is CC(C)(C)[N-][Si](C)(C)C[NH+]1CCCCC1.CC(C)(C)[N-][Si](C)(C)C[NH+]1CCCCC1.[Mg+2]. The summed E-state index contributed by atoms with van der Waals surface area (Å²) in [5.74, 6) is 0. The van der Waals surface area contributed by atoms with Crippen molar-refractivity contribution >= 4 is 39.5 Å². The molecule has 7 heteroatoms. The van der Waals surface area contributed by atoms with E-state index in [1.165, 1.54) is 77.0 Å². The van der Waals surface area contributed by atoms with Gasteiger partial charge in [-0.2, -0.15) is 0 Å². The van der Waals surface area contributed by atoms with Crippen LogP contribution in [0.2, 0.25) is 26.2 Å². The van der Waals surface area contributed by atoms with Crippen LogP contribution in [0.15, 0.2) is 0 Å². The maximum Gasteiger partial charge on any atom is 2.00 e. The van der Waals surface area contributed by atoms with Crippen molar-refractivity contribution in [1.82, 2.24) is 0 Å². The van der Waals surface area contributed by atoms with Gasteiger partial charge in [-0.25, -0.2) is 0 Å². The Morgan fingerprint density at radius 3 is 1.03 bits per heavy atom. The van der Waals surface area contributed by atoms with Gasteiger partial charge in [0.15, 0.2) is 0 Å². The minimum absolute atomic E-state index is 0. The fraction of sp³-hybridized carbons (Fsp3) is 1.00. The third kappa shape index (κ3) is 17.2. The van der Waals surface area contributed by atoms with Crippen LogP contribution in [0, 0.1) is 0 Å². The van der Waals surface area contributed by atoms with Crippen LogP contribution in [0.25, 0.3) is 9.96 Å². The second-order valence-electron chi connectivity index (χ2n) is 13.2. The summed E-state index contributed by atoms with van der Waals surface area (Å²) in [4.78, 5) is 13.7. The number of nitrogens with one attached hydrogen (secondary N) is 2. The molecule has 0 saturated carbocycles. The molecule has 0 aliphatic carbocycles. The van der Waals surface area contributed by atoms with Crippen LogP contribution >= 0.6 is 0 Å². The Labute approximate surface area is 214 Å². The first-order valence-electron chi connectivity index (χ1n) is 12.7. The average Bonchev–Trinajstić information content (AvgIpc) is 2.51. The minimum atomic E-state index is -1.34. The first-order valence-corrected chi connectivity index (χ1v) is 19.0. The monoisotopic (exact) mass is 480 g/mol. The Morgan fingerprint density at radius 1 is 0.548 bits per heavy atom. The fourth-order valence-corrected chi connectivity index (χ4v) is 12.5. The van der Waals surface area contributed by atoms with Crippen LogP contribution in [0.1, 0.15) is 80.1 Å². The van der Waals surface area contributed by atoms with Gasteiger partial charge in [0.05, 0.1) is 26.2 Å². The van der Waals surface area contributed by atoms with Crippen molar-refractivity contribution in [3.63, 3.8) is 0 Å². The molecule has 0 radical (unpaired) electrons. The zero-order chi connectivity index (χ0) is 23.1. The Balaban J connectivity index is 0.000000562. The molecule has 2 aliphatic heterocycles. The Bertz CT molecular complexity index is 431. The van der Waals surface area contributed by atoms with Crippen LogP contribution in [-0.4, -0.2) is 89.1 Å². The number of hydrogen-bond donors (Lipinski definition) is 2. The van der Waals surface area contributed by atoms with Gasteiger partial charge in [-0.15, -0.1) is 11.1 Å². The third-order valence-electron chi connectivity index (χ3n) is 5.76. The number of nitrogens with zero attached hydrogens (tertiary/aromatic N) is 2. The fourth-order valence-electron chi connectivity index (χ4n) is 5.58. The first-order chi connectivity index (χ1) is 13.6. The Morgan fingerprint density at radius 2 is 0.806 bits per heavy atom. The van der Waals surface area contributed by atoms with E-state index in [0.29, 0.717) is 0 Å². The van der Waals surface area contributed by atoms with E-state index in [9.17, 15) is 0 Å². The molecule has 0 spiro atoms. The van der Waals surface area contributed by atoms with Crippen LogP contribution in [-0.2, 0) is 0 Å². The maximum absolute atomic E-state index is 5.05. The van der Waals surface area contributed by atoms with Gasteiger partial charge < -0.3 is 19.8 Å². The molecule has 0 aromatic carbocycles. The van der Waals surface area contributed by atoms with Crippen molar-refractivity contribution in [2.75, 3.05) is 38.5 Å². The topological polar surface area (TPSA) is 37.1 Å². The summed E-state index contributed by atoms with van der Waals surface area (Å²) < 4.78 is 0. The van der Waals surface area contributed by atoms with Gasteiger partial charge in [-0.05, 0) is 38.5 Å². The molecule has 2 saturated heterocycles. The summed E-state index contributed by atoms with van der Waals surface area (Å²) in [5, 5.41) is 0. The van der Waals surface area contributed by atoms with Gasteiger partial charge in [0.2, 0.25) is 0 Å². The number of rotatable bonds is 6. The van der Waals surface area contributed by atoms with E-state index in [1.54, 1.807) is 0 Å². The second-order valence-corrected chi connectivity index (χ2v) is 21.6. The van der Waals surface area contributed by atoms with E-state index >= 15 is 0 Å². The van der Waals surface area contributed by atoms with Crippen LogP contribution < -0.4 is 9.80 Å². The van der Waals surface area contributed by atoms with Crippen molar-refractivity contribution in [2.45, 2.75) is 117 Å². The first kappa shape index (κ1) is 32.0. The van der Waals surface area contributed by atoms with E-state index in [0.717, 1.165) is 0 Å². The molecule has 2 heterocycles. The molecular formula is C24H56MgN4Si2+2. The van der Waals surface area contributed by atoms with Crippen LogP contribution in [0.5, 0.6) is 0 Å². The van der Waals surface area contributed by atoms with E-state index in [1.807, 2.05) is 9.80 Å². The predicted octanol–water partition coefficient (Wildman–Crippen LogP) is 3.56. The quantitative estimate of drug-likeness (QED) is 0.545. The normalized spacial score (nSPS) is 19.9. The molecule has 180 valence electrons. The Hall–Kier alpha value is 1.04. The average molecular weight is 481 g/mol. The van der Waals surface area contributed by atoms with Crippen LogP contribution in [0.3, 0.4) is 0 Å². The predicted molar refractivity (Wildman–Crippen MR) is 146 cm³/mol. The standard InChI is InChI=1S/2C12H27N2Si.Mg/c2*1-12(2,3)13-15(4,5)11-14-9-7-6-8-10-14;/h2*6-11H2,1-5H3;/q2*-1;+2/p+2. The summed E-state index contributed by atoms with van der Waals surface area (Å²) in [5.41, 5.74) is 0.315. The van der Waals surface area contributed by atoms with Gasteiger partial charge in [0.25, 0.3) is 0 Å². The Kier molecular flexibility index (Phi) is 14.3. The van der Waals surface area contributed by atoms with Crippen molar-refractivity contribution in [2.24, 2.45) is 0 Å². The molecule has 2 rings (SSSR count). The second kappa shape index (κ2) is 13.8. The molecule has 0 atom stereocenters. The molecule has 4 nitrogen and oxygen atoms in total. The number of hydrogen-bond acceptors (Lipinski definition) is 0. The molecular weight excluding hydrogens is 425 g/mol. The summed E-state index contributed by atoms with van der Waals surface area (Å²) >= 11 is 0. The van der Waals surface area contributed by atoms with Gasteiger partial charge in [0.1, 0.15) is 0 Å². The van der Waals surface area contributed by atoms with Gasteiger partial charge in [-0.3, -0.25) is 0 Å². The van der Waals surface area contributed by atoms with E-state index in [-0.39, 0.29) is 34.1 Å². The number of quaternary nitrogens is 2. The van der Waals surface area contributed by atoms with E-state index in [4.69, 9.17) is 9.96 Å². The van der Waals surface area contributed by atoms with Crippen molar-refractivity contribution in [1.29, 1.82) is 0 Å². The molecule has 0 unspecified atom stereocenters. The van der Waals surface area contributed by atoms with E-state index in [2.05, 4.69) is 67.7 Å². The molecule has 0 aromatic rings. The number of piperidine rings is 2. The third-order valence-corrected chi connectivity index (χ3v) is 11.0. The summed E-state index contributed by atoms with van der Waals surface area (Å²) in [6.45, 7) is 28.6. The molecule has 2 fully saturated rings. The molecule has 0 bridgehead atoms. The number of likely N-dealkylation sites (tertiary alicyclic amines) is 2. The van der Waals surface area contributed by atoms with Crippen molar-refractivity contribution in [3.8, 4) is 0 Å². The van der Waals surface area contributed by atoms with E-state index < -0.39 is 16.5 Å². The van der Waals surface area contributed by atoms with Crippen molar-refractivity contribution in [3.05, 3.63) is 9.96 Å². The zero-order valence-corrected chi connectivity index (χ0v) is 26.5. The zero-order valence-electron chi connectivity index (χ0n) is 23.1.